The average molecular weight is 256 g/mol. The van der Waals surface area contributed by atoms with Crippen molar-refractivity contribution in [3.8, 4) is 11.3 Å². The second kappa shape index (κ2) is 4.07. The summed E-state index contributed by atoms with van der Waals surface area (Å²) >= 11 is 1.53. The molecule has 0 bridgehead atoms. The molecule has 0 unspecified atom stereocenters. The van der Waals surface area contributed by atoms with Crippen molar-refractivity contribution in [2.24, 2.45) is 0 Å². The van der Waals surface area contributed by atoms with E-state index in [4.69, 9.17) is 0 Å². The number of hydrogen-bond acceptors (Lipinski definition) is 3. The molecule has 0 amide bonds. The van der Waals surface area contributed by atoms with E-state index in [1.165, 1.54) is 16.9 Å². The minimum absolute atomic E-state index is 0.623. The van der Waals surface area contributed by atoms with E-state index in [9.17, 15) is 4.79 Å². The third-order valence-electron chi connectivity index (χ3n) is 3.05. The Balaban J connectivity index is 2.30. The summed E-state index contributed by atoms with van der Waals surface area (Å²) in [4.78, 5) is 16.7. The SMILES string of the molecule is Cc1ccc(-c2nc3sccn3c2C=O)c(C)c1. The standard InChI is InChI=1S/C14H12N2OS/c1-9-3-4-11(10(2)7-9)13-12(8-17)16-5-6-18-14(16)15-13/h3-8H,1-2H3. The smallest absolute Gasteiger partial charge is 0.194 e. The van der Waals surface area contributed by atoms with Crippen LogP contribution in [0.5, 0.6) is 0 Å². The molecule has 0 saturated heterocycles. The number of thiazole rings is 1. The maximum Gasteiger partial charge on any atom is 0.194 e. The summed E-state index contributed by atoms with van der Waals surface area (Å²) in [6.07, 6.45) is 2.76. The molecule has 4 heteroatoms. The molecule has 3 rings (SSSR count). The Bertz CT molecular complexity index is 739. The van der Waals surface area contributed by atoms with E-state index in [1.807, 2.05) is 35.0 Å². The number of benzene rings is 1. The number of imidazole rings is 1. The lowest BCUT2D eigenvalue weighted by atomic mass is 10.0. The van der Waals surface area contributed by atoms with E-state index in [1.54, 1.807) is 0 Å². The topological polar surface area (TPSA) is 34.4 Å². The molecule has 0 aliphatic carbocycles. The third-order valence-corrected chi connectivity index (χ3v) is 3.80. The van der Waals surface area contributed by atoms with E-state index in [0.29, 0.717) is 5.69 Å². The zero-order chi connectivity index (χ0) is 12.7. The molecule has 18 heavy (non-hydrogen) atoms. The number of hydrogen-bond donors (Lipinski definition) is 0. The first-order valence-corrected chi connectivity index (χ1v) is 6.57. The number of fused-ring (bicyclic) bond motifs is 1. The van der Waals surface area contributed by atoms with Crippen molar-refractivity contribution in [3.63, 3.8) is 0 Å². The monoisotopic (exact) mass is 256 g/mol. The van der Waals surface area contributed by atoms with Gasteiger partial charge in [0.15, 0.2) is 11.2 Å². The van der Waals surface area contributed by atoms with E-state index in [0.717, 1.165) is 28.1 Å². The fourth-order valence-electron chi connectivity index (χ4n) is 2.19. The lowest BCUT2D eigenvalue weighted by molar-refractivity contribution is 0.111. The van der Waals surface area contributed by atoms with Crippen molar-refractivity contribution in [3.05, 3.63) is 46.6 Å². The van der Waals surface area contributed by atoms with Gasteiger partial charge in [0.2, 0.25) is 0 Å². The molecule has 0 N–H and O–H groups in total. The average Bonchev–Trinajstić information content (AvgIpc) is 2.88. The van der Waals surface area contributed by atoms with Gasteiger partial charge in [-0.15, -0.1) is 11.3 Å². The fourth-order valence-corrected chi connectivity index (χ4v) is 2.91. The van der Waals surface area contributed by atoms with Crippen LogP contribution in [0.25, 0.3) is 16.2 Å². The number of aryl methyl sites for hydroxylation is 2. The molecule has 3 nitrogen and oxygen atoms in total. The van der Waals surface area contributed by atoms with Crippen molar-refractivity contribution in [2.45, 2.75) is 13.8 Å². The summed E-state index contributed by atoms with van der Waals surface area (Å²) in [5, 5.41) is 1.93. The molecule has 0 aliphatic heterocycles. The van der Waals surface area contributed by atoms with Gasteiger partial charge in [-0.3, -0.25) is 9.20 Å². The minimum atomic E-state index is 0.623. The van der Waals surface area contributed by atoms with E-state index < -0.39 is 0 Å². The summed E-state index contributed by atoms with van der Waals surface area (Å²) in [5.74, 6) is 0. The summed E-state index contributed by atoms with van der Waals surface area (Å²) in [6, 6.07) is 6.19. The van der Waals surface area contributed by atoms with Crippen LogP contribution in [-0.4, -0.2) is 15.7 Å². The number of carbonyl (C=O) groups excluding carboxylic acids is 1. The zero-order valence-corrected chi connectivity index (χ0v) is 11.0. The Morgan fingerprint density at radius 2 is 2.17 bits per heavy atom. The van der Waals surface area contributed by atoms with Crippen LogP contribution in [0.15, 0.2) is 29.8 Å². The summed E-state index contributed by atoms with van der Waals surface area (Å²) in [7, 11) is 0. The molecule has 0 saturated carbocycles. The van der Waals surface area contributed by atoms with Crippen LogP contribution in [0, 0.1) is 13.8 Å². The summed E-state index contributed by atoms with van der Waals surface area (Å²) in [6.45, 7) is 4.10. The van der Waals surface area contributed by atoms with Gasteiger partial charge in [-0.05, 0) is 19.4 Å². The van der Waals surface area contributed by atoms with Crippen LogP contribution in [-0.2, 0) is 0 Å². The first-order valence-electron chi connectivity index (χ1n) is 5.69. The van der Waals surface area contributed by atoms with Crippen molar-refractivity contribution >= 4 is 22.6 Å². The molecule has 0 radical (unpaired) electrons. The zero-order valence-electron chi connectivity index (χ0n) is 10.2. The normalized spacial score (nSPS) is 11.0. The summed E-state index contributed by atoms with van der Waals surface area (Å²) < 4.78 is 1.84. The highest BCUT2D eigenvalue weighted by Crippen LogP contribution is 2.28. The van der Waals surface area contributed by atoms with Crippen molar-refractivity contribution < 1.29 is 4.79 Å². The summed E-state index contributed by atoms with van der Waals surface area (Å²) in [5.41, 5.74) is 4.78. The highest BCUT2D eigenvalue weighted by atomic mass is 32.1. The van der Waals surface area contributed by atoms with Crippen molar-refractivity contribution in [2.75, 3.05) is 0 Å². The fraction of sp³-hybridized carbons (Fsp3) is 0.143. The van der Waals surface area contributed by atoms with E-state index in [2.05, 4.69) is 18.0 Å². The number of nitrogens with zero attached hydrogens (tertiary/aromatic N) is 2. The Kier molecular flexibility index (Phi) is 2.52. The van der Waals surface area contributed by atoms with Gasteiger partial charge in [-0.2, -0.15) is 0 Å². The molecule has 1 aromatic carbocycles. The Morgan fingerprint density at radius 1 is 1.33 bits per heavy atom. The maximum absolute atomic E-state index is 11.3. The number of rotatable bonds is 2. The van der Waals surface area contributed by atoms with Gasteiger partial charge >= 0.3 is 0 Å². The molecular formula is C14H12N2OS. The van der Waals surface area contributed by atoms with Gasteiger partial charge in [-0.25, -0.2) is 4.98 Å². The van der Waals surface area contributed by atoms with Crippen LogP contribution in [0.1, 0.15) is 21.6 Å². The second-order valence-corrected chi connectivity index (χ2v) is 5.21. The van der Waals surface area contributed by atoms with Crippen LogP contribution in [0.2, 0.25) is 0 Å². The number of aromatic nitrogens is 2. The van der Waals surface area contributed by atoms with Gasteiger partial charge in [-0.1, -0.05) is 23.8 Å². The van der Waals surface area contributed by atoms with Crippen molar-refractivity contribution in [1.29, 1.82) is 0 Å². The molecule has 0 spiro atoms. The van der Waals surface area contributed by atoms with Gasteiger partial charge in [0.05, 0.1) is 0 Å². The molecule has 0 atom stereocenters. The van der Waals surface area contributed by atoms with Crippen LogP contribution < -0.4 is 0 Å². The van der Waals surface area contributed by atoms with Crippen LogP contribution >= 0.6 is 11.3 Å². The first kappa shape index (κ1) is 11.2. The van der Waals surface area contributed by atoms with Crippen LogP contribution in [0.4, 0.5) is 0 Å². The second-order valence-electron chi connectivity index (χ2n) is 4.34. The predicted octanol–water partition coefficient (Wildman–Crippen LogP) is 3.49. The molecule has 0 aliphatic rings. The van der Waals surface area contributed by atoms with Gasteiger partial charge < -0.3 is 0 Å². The molecule has 2 heterocycles. The highest BCUT2D eigenvalue weighted by molar-refractivity contribution is 7.15. The Labute approximate surface area is 109 Å². The first-order chi connectivity index (χ1) is 8.70. The van der Waals surface area contributed by atoms with Gasteiger partial charge in [0.1, 0.15) is 11.4 Å². The largest absolute Gasteiger partial charge is 0.296 e. The molecule has 3 aromatic rings. The Morgan fingerprint density at radius 3 is 2.89 bits per heavy atom. The minimum Gasteiger partial charge on any atom is -0.296 e. The molecular weight excluding hydrogens is 244 g/mol. The van der Waals surface area contributed by atoms with Crippen LogP contribution in [0.3, 0.4) is 0 Å². The molecule has 0 fully saturated rings. The number of carbonyl (C=O) groups is 1. The lowest BCUT2D eigenvalue weighted by Gasteiger charge is -2.04. The third kappa shape index (κ3) is 1.57. The number of aldehydes is 1. The van der Waals surface area contributed by atoms with E-state index >= 15 is 0 Å². The molecule has 2 aromatic heterocycles. The maximum atomic E-state index is 11.3. The van der Waals surface area contributed by atoms with Gasteiger partial charge in [0, 0.05) is 17.1 Å². The van der Waals surface area contributed by atoms with Crippen molar-refractivity contribution in [1.82, 2.24) is 9.38 Å². The lowest BCUT2D eigenvalue weighted by Crippen LogP contribution is -1.92. The predicted molar refractivity (Wildman–Crippen MR) is 73.4 cm³/mol. The quantitative estimate of drug-likeness (QED) is 0.658. The highest BCUT2D eigenvalue weighted by Gasteiger charge is 2.15. The Hall–Kier alpha value is -1.94. The van der Waals surface area contributed by atoms with E-state index in [-0.39, 0.29) is 0 Å². The van der Waals surface area contributed by atoms with Gasteiger partial charge in [0.25, 0.3) is 0 Å². The molecule has 90 valence electrons.